The Hall–Kier alpha value is -4.49. The first-order valence-electron chi connectivity index (χ1n) is 10.5. The molecule has 188 valence electrons. The van der Waals surface area contributed by atoms with Gasteiger partial charge < -0.3 is 15.5 Å². The number of nitrogens with one attached hydrogen (secondary N) is 2. The van der Waals surface area contributed by atoms with Crippen molar-refractivity contribution in [3.05, 3.63) is 60.8 Å². The first-order chi connectivity index (χ1) is 17.0. The van der Waals surface area contributed by atoms with Gasteiger partial charge in [0, 0.05) is 25.0 Å². The van der Waals surface area contributed by atoms with Crippen molar-refractivity contribution in [2.75, 3.05) is 15.7 Å². The van der Waals surface area contributed by atoms with Gasteiger partial charge >= 0.3 is 12.1 Å². The molecule has 0 unspecified atom stereocenters. The molecular weight excluding hydrogens is 486 g/mol. The van der Waals surface area contributed by atoms with Crippen LogP contribution < -0.4 is 15.7 Å². The van der Waals surface area contributed by atoms with Crippen LogP contribution in [0.4, 0.5) is 46.4 Å². The lowest BCUT2D eigenvalue weighted by Crippen LogP contribution is -2.38. The zero-order chi connectivity index (χ0) is 26.0. The summed E-state index contributed by atoms with van der Waals surface area (Å²) in [6, 6.07) is 2.88. The summed E-state index contributed by atoms with van der Waals surface area (Å²) in [5.74, 6) is -4.01. The molecule has 1 saturated carbocycles. The summed E-state index contributed by atoms with van der Waals surface area (Å²) in [4.78, 5) is 36.4. The second kappa shape index (κ2) is 9.64. The van der Waals surface area contributed by atoms with E-state index < -0.39 is 23.9 Å². The first kappa shape index (κ1) is 24.6. The van der Waals surface area contributed by atoms with Crippen LogP contribution in [0.15, 0.2) is 49.4 Å². The van der Waals surface area contributed by atoms with E-state index in [1.807, 2.05) is 0 Å². The van der Waals surface area contributed by atoms with Gasteiger partial charge in [0.05, 0.1) is 23.3 Å². The zero-order valence-corrected chi connectivity index (χ0v) is 18.7. The van der Waals surface area contributed by atoms with Crippen molar-refractivity contribution in [1.29, 1.82) is 0 Å². The molecule has 2 N–H and O–H groups in total. The molecule has 10 nitrogen and oxygen atoms in total. The fraction of sp³-hybridized carbons (Fsp3) is 0.227. The zero-order valence-electron chi connectivity index (χ0n) is 18.7. The average molecular weight is 505 g/mol. The fourth-order valence-electron chi connectivity index (χ4n) is 3.16. The average Bonchev–Trinajstić information content (AvgIpc) is 3.59. The molecule has 0 saturated heterocycles. The first-order valence-corrected chi connectivity index (χ1v) is 10.5. The van der Waals surface area contributed by atoms with Gasteiger partial charge in [-0.25, -0.2) is 14.2 Å². The standard InChI is InChI=1S/C22H19F4N7O3/c1-3-18(34)33(36-20(35)22(24,25)26)14-6-7-16(23)17(8-14)30-19-15(12-4-5-12)10-27-21(31-19)29-13-9-28-32(2)11-13/h3,6-12H,1,4-5H2,2H3,(H2,27,29,30,31). The number of aryl methyl sites for hydroxylation is 1. The smallest absolute Gasteiger partial charge is 0.337 e. The van der Waals surface area contributed by atoms with E-state index in [0.29, 0.717) is 17.3 Å². The SMILES string of the molecule is C=CC(=O)N(OC(=O)C(F)(F)F)c1ccc(F)c(Nc2nc(Nc3cnn(C)c3)ncc2C2CC2)c1. The van der Waals surface area contributed by atoms with Crippen molar-refractivity contribution >= 4 is 40.7 Å². The molecule has 0 atom stereocenters. The molecule has 1 amide bonds. The maximum Gasteiger partial charge on any atom is 0.493 e. The van der Waals surface area contributed by atoms with Crippen LogP contribution >= 0.6 is 0 Å². The van der Waals surface area contributed by atoms with Crippen LogP contribution in [0.5, 0.6) is 0 Å². The molecule has 3 aromatic rings. The number of alkyl halides is 3. The Kier molecular flexibility index (Phi) is 6.59. The molecule has 0 bridgehead atoms. The predicted molar refractivity (Wildman–Crippen MR) is 120 cm³/mol. The summed E-state index contributed by atoms with van der Waals surface area (Å²) >= 11 is 0. The minimum absolute atomic E-state index is 0.0740. The topological polar surface area (TPSA) is 114 Å². The van der Waals surface area contributed by atoms with Gasteiger partial charge in [0.25, 0.3) is 5.91 Å². The Labute approximate surface area is 201 Å². The molecular formula is C22H19F4N7O3. The summed E-state index contributed by atoms with van der Waals surface area (Å²) < 4.78 is 54.4. The molecule has 36 heavy (non-hydrogen) atoms. The Morgan fingerprint density at radius 3 is 2.61 bits per heavy atom. The van der Waals surface area contributed by atoms with Gasteiger partial charge in [0.15, 0.2) is 0 Å². The van der Waals surface area contributed by atoms with E-state index >= 15 is 0 Å². The van der Waals surface area contributed by atoms with Crippen LogP contribution in [0.25, 0.3) is 0 Å². The normalized spacial score (nSPS) is 13.1. The highest BCUT2D eigenvalue weighted by molar-refractivity contribution is 6.01. The van der Waals surface area contributed by atoms with Crippen LogP contribution in [0.1, 0.15) is 24.3 Å². The summed E-state index contributed by atoms with van der Waals surface area (Å²) in [5, 5.41) is 9.90. The third-order valence-corrected chi connectivity index (χ3v) is 5.01. The molecule has 2 heterocycles. The number of benzene rings is 1. The Morgan fingerprint density at radius 2 is 2.00 bits per heavy atom. The van der Waals surface area contributed by atoms with Gasteiger partial charge in [-0.15, -0.1) is 5.06 Å². The summed E-state index contributed by atoms with van der Waals surface area (Å²) in [7, 11) is 1.73. The van der Waals surface area contributed by atoms with E-state index in [9.17, 15) is 27.2 Å². The Balaban J connectivity index is 1.66. The third-order valence-electron chi connectivity index (χ3n) is 5.01. The summed E-state index contributed by atoms with van der Waals surface area (Å²) in [6.07, 6.45) is 1.89. The van der Waals surface area contributed by atoms with Crippen LogP contribution in [-0.4, -0.2) is 37.8 Å². The van der Waals surface area contributed by atoms with Crippen molar-refractivity contribution in [1.82, 2.24) is 19.7 Å². The van der Waals surface area contributed by atoms with Gasteiger partial charge in [0.2, 0.25) is 5.95 Å². The lowest BCUT2D eigenvalue weighted by Gasteiger charge is -2.21. The van der Waals surface area contributed by atoms with Crippen molar-refractivity contribution in [3.8, 4) is 0 Å². The molecule has 2 aromatic heterocycles. The van der Waals surface area contributed by atoms with Gasteiger partial charge in [-0.2, -0.15) is 23.3 Å². The lowest BCUT2D eigenvalue weighted by atomic mass is 10.2. The third kappa shape index (κ3) is 5.59. The van der Waals surface area contributed by atoms with Crippen LogP contribution in [0.2, 0.25) is 0 Å². The van der Waals surface area contributed by atoms with E-state index in [1.54, 1.807) is 30.3 Å². The minimum Gasteiger partial charge on any atom is -0.337 e. The molecule has 0 radical (unpaired) electrons. The number of carbonyl (C=O) groups excluding carboxylic acids is 2. The van der Waals surface area contributed by atoms with Gasteiger partial charge in [-0.3, -0.25) is 9.48 Å². The molecule has 0 spiro atoms. The Bertz CT molecular complexity index is 1320. The van der Waals surface area contributed by atoms with Gasteiger partial charge in [-0.1, -0.05) is 6.58 Å². The molecule has 0 aliphatic heterocycles. The molecule has 1 aliphatic carbocycles. The van der Waals surface area contributed by atoms with Crippen molar-refractivity contribution in [2.24, 2.45) is 7.05 Å². The minimum atomic E-state index is -5.36. The number of nitrogens with zero attached hydrogens (tertiary/aromatic N) is 5. The van der Waals surface area contributed by atoms with E-state index in [4.69, 9.17) is 0 Å². The summed E-state index contributed by atoms with van der Waals surface area (Å²) in [6.45, 7) is 3.18. The van der Waals surface area contributed by atoms with E-state index in [1.165, 1.54) is 0 Å². The quantitative estimate of drug-likeness (QED) is 0.278. The number of carbonyl (C=O) groups is 2. The maximum atomic E-state index is 14.7. The lowest BCUT2D eigenvalue weighted by molar-refractivity contribution is -0.201. The predicted octanol–water partition coefficient (Wildman–Crippen LogP) is 4.25. The largest absolute Gasteiger partial charge is 0.493 e. The number of hydrogen-bond acceptors (Lipinski definition) is 8. The highest BCUT2D eigenvalue weighted by Crippen LogP contribution is 2.43. The number of anilines is 5. The van der Waals surface area contributed by atoms with Gasteiger partial charge in [0.1, 0.15) is 11.6 Å². The second-order valence-electron chi connectivity index (χ2n) is 7.80. The fourth-order valence-corrected chi connectivity index (χ4v) is 3.16. The molecule has 4 rings (SSSR count). The van der Waals surface area contributed by atoms with E-state index in [-0.39, 0.29) is 34.1 Å². The van der Waals surface area contributed by atoms with E-state index in [0.717, 1.165) is 31.0 Å². The monoisotopic (exact) mass is 505 g/mol. The van der Waals surface area contributed by atoms with Crippen LogP contribution in [-0.2, 0) is 21.5 Å². The number of hydrogen-bond donors (Lipinski definition) is 2. The number of halogens is 4. The number of aromatic nitrogens is 4. The van der Waals surface area contributed by atoms with E-state index in [2.05, 4.69) is 37.1 Å². The maximum absolute atomic E-state index is 14.7. The van der Waals surface area contributed by atoms with Crippen molar-refractivity contribution in [3.63, 3.8) is 0 Å². The molecule has 14 heteroatoms. The highest BCUT2D eigenvalue weighted by atomic mass is 19.4. The van der Waals surface area contributed by atoms with Crippen LogP contribution in [0, 0.1) is 5.82 Å². The Morgan fingerprint density at radius 1 is 1.25 bits per heavy atom. The molecule has 1 aliphatic rings. The second-order valence-corrected chi connectivity index (χ2v) is 7.80. The number of hydroxylamine groups is 1. The molecule has 1 fully saturated rings. The molecule has 1 aromatic carbocycles. The number of amides is 1. The van der Waals surface area contributed by atoms with Gasteiger partial charge in [-0.05, 0) is 43.0 Å². The van der Waals surface area contributed by atoms with Crippen molar-refractivity contribution in [2.45, 2.75) is 24.9 Å². The summed E-state index contributed by atoms with van der Waals surface area (Å²) in [5.41, 5.74) is 0.738. The highest BCUT2D eigenvalue weighted by Gasteiger charge is 2.43. The number of rotatable bonds is 7. The van der Waals surface area contributed by atoms with Crippen molar-refractivity contribution < 1.29 is 32.0 Å². The van der Waals surface area contributed by atoms with Crippen LogP contribution in [0.3, 0.4) is 0 Å².